The van der Waals surface area contributed by atoms with E-state index in [-0.39, 0.29) is 11.8 Å². The molecule has 1 fully saturated rings. The minimum absolute atomic E-state index is 0.0361. The molecule has 1 N–H and O–H groups in total. The number of carbonyl (C=O) groups excluding carboxylic acids is 1. The zero-order valence-electron chi connectivity index (χ0n) is 13.2. The standard InChI is InChI=1S/C17H25NO3S/c1-2-3-10-18(12-13-7-6-11-22-13)16(19)14-8-4-5-9-15(14)17(20)21/h6-7,11,14-15H,2-5,8-10,12H2,1H3,(H,20,21)/t14-,15+/m1/s1. The van der Waals surface area contributed by atoms with E-state index in [0.717, 1.165) is 37.1 Å². The lowest BCUT2D eigenvalue weighted by atomic mass is 9.78. The fourth-order valence-corrected chi connectivity index (χ4v) is 3.88. The highest BCUT2D eigenvalue weighted by Gasteiger charge is 2.37. The normalized spacial score (nSPS) is 21.5. The molecule has 2 atom stereocenters. The molecule has 22 heavy (non-hydrogen) atoms. The summed E-state index contributed by atoms with van der Waals surface area (Å²) in [5.41, 5.74) is 0. The molecular formula is C17H25NO3S. The monoisotopic (exact) mass is 323 g/mol. The van der Waals surface area contributed by atoms with Gasteiger partial charge in [0.2, 0.25) is 5.91 Å². The Morgan fingerprint density at radius 3 is 2.64 bits per heavy atom. The van der Waals surface area contributed by atoms with Crippen molar-refractivity contribution in [3.05, 3.63) is 22.4 Å². The Bertz CT molecular complexity index is 486. The molecule has 0 spiro atoms. The minimum atomic E-state index is -0.815. The second-order valence-corrected chi connectivity index (χ2v) is 7.06. The molecular weight excluding hydrogens is 298 g/mol. The predicted octanol–water partition coefficient (Wildman–Crippen LogP) is 3.77. The average Bonchev–Trinajstić information content (AvgIpc) is 3.03. The summed E-state index contributed by atoms with van der Waals surface area (Å²) in [6.45, 7) is 3.43. The largest absolute Gasteiger partial charge is 0.481 e. The fraction of sp³-hybridized carbons (Fsp3) is 0.647. The van der Waals surface area contributed by atoms with Gasteiger partial charge in [0, 0.05) is 11.4 Å². The van der Waals surface area contributed by atoms with Crippen LogP contribution in [-0.2, 0) is 16.1 Å². The van der Waals surface area contributed by atoms with E-state index in [9.17, 15) is 14.7 Å². The first kappa shape index (κ1) is 17.0. The third-order valence-corrected chi connectivity index (χ3v) is 5.28. The third kappa shape index (κ3) is 4.32. The number of carboxylic acids is 1. The van der Waals surface area contributed by atoms with Crippen LogP contribution in [0.1, 0.15) is 50.3 Å². The van der Waals surface area contributed by atoms with Crippen LogP contribution in [0.3, 0.4) is 0 Å². The van der Waals surface area contributed by atoms with Crippen LogP contribution in [0.5, 0.6) is 0 Å². The molecule has 0 aliphatic heterocycles. The lowest BCUT2D eigenvalue weighted by Crippen LogP contribution is -2.42. The van der Waals surface area contributed by atoms with Crippen molar-refractivity contribution >= 4 is 23.2 Å². The lowest BCUT2D eigenvalue weighted by molar-refractivity contribution is -0.152. The molecule has 122 valence electrons. The number of carboxylic acid groups (broad SMARTS) is 1. The molecule has 5 heteroatoms. The maximum Gasteiger partial charge on any atom is 0.307 e. The smallest absolute Gasteiger partial charge is 0.307 e. The van der Waals surface area contributed by atoms with Gasteiger partial charge in [0.15, 0.2) is 0 Å². The molecule has 0 unspecified atom stereocenters. The zero-order valence-corrected chi connectivity index (χ0v) is 14.0. The van der Waals surface area contributed by atoms with E-state index in [2.05, 4.69) is 6.92 Å². The summed E-state index contributed by atoms with van der Waals surface area (Å²) >= 11 is 1.65. The molecule has 4 nitrogen and oxygen atoms in total. The van der Waals surface area contributed by atoms with Crippen molar-refractivity contribution in [3.63, 3.8) is 0 Å². The Kier molecular flexibility index (Phi) is 6.43. The summed E-state index contributed by atoms with van der Waals surface area (Å²) < 4.78 is 0. The van der Waals surface area contributed by atoms with Crippen LogP contribution in [-0.4, -0.2) is 28.4 Å². The lowest BCUT2D eigenvalue weighted by Gasteiger charge is -2.32. The Hall–Kier alpha value is -1.36. The van der Waals surface area contributed by atoms with E-state index < -0.39 is 11.9 Å². The van der Waals surface area contributed by atoms with E-state index >= 15 is 0 Å². The van der Waals surface area contributed by atoms with Gasteiger partial charge in [0.25, 0.3) is 0 Å². The maximum atomic E-state index is 12.9. The molecule has 0 radical (unpaired) electrons. The minimum Gasteiger partial charge on any atom is -0.481 e. The fourth-order valence-electron chi connectivity index (χ4n) is 3.16. The number of carbonyl (C=O) groups is 2. The first-order chi connectivity index (χ1) is 10.6. The molecule has 1 aliphatic carbocycles. The first-order valence-corrected chi connectivity index (χ1v) is 9.05. The van der Waals surface area contributed by atoms with Gasteiger partial charge in [0.05, 0.1) is 18.4 Å². The Morgan fingerprint density at radius 2 is 2.05 bits per heavy atom. The molecule has 1 aromatic heterocycles. The summed E-state index contributed by atoms with van der Waals surface area (Å²) in [6, 6.07) is 4.02. The Balaban J connectivity index is 2.10. The number of unbranched alkanes of at least 4 members (excludes halogenated alkanes) is 1. The van der Waals surface area contributed by atoms with Crippen LogP contribution in [0, 0.1) is 11.8 Å². The number of aliphatic carboxylic acids is 1. The van der Waals surface area contributed by atoms with Crippen LogP contribution in [0.15, 0.2) is 17.5 Å². The zero-order chi connectivity index (χ0) is 15.9. The van der Waals surface area contributed by atoms with Crippen molar-refractivity contribution in [3.8, 4) is 0 Å². The summed E-state index contributed by atoms with van der Waals surface area (Å²) in [5, 5.41) is 11.4. The molecule has 2 rings (SSSR count). The second-order valence-electron chi connectivity index (χ2n) is 6.03. The van der Waals surface area contributed by atoms with Gasteiger partial charge in [-0.05, 0) is 30.7 Å². The van der Waals surface area contributed by atoms with Crippen molar-refractivity contribution in [2.75, 3.05) is 6.54 Å². The molecule has 1 saturated carbocycles. The Morgan fingerprint density at radius 1 is 1.32 bits per heavy atom. The van der Waals surface area contributed by atoms with Crippen LogP contribution in [0.25, 0.3) is 0 Å². The van der Waals surface area contributed by atoms with Gasteiger partial charge >= 0.3 is 5.97 Å². The highest BCUT2D eigenvalue weighted by Crippen LogP contribution is 2.32. The molecule has 1 aliphatic rings. The maximum absolute atomic E-state index is 12.9. The number of rotatable bonds is 7. The van der Waals surface area contributed by atoms with Gasteiger partial charge in [0.1, 0.15) is 0 Å². The number of thiophene rings is 1. The van der Waals surface area contributed by atoms with Gasteiger partial charge in [-0.3, -0.25) is 9.59 Å². The van der Waals surface area contributed by atoms with Crippen molar-refractivity contribution in [2.45, 2.75) is 52.0 Å². The molecule has 0 bridgehead atoms. The highest BCUT2D eigenvalue weighted by atomic mass is 32.1. The van der Waals surface area contributed by atoms with Crippen molar-refractivity contribution in [1.29, 1.82) is 0 Å². The van der Waals surface area contributed by atoms with Crippen molar-refractivity contribution in [1.82, 2.24) is 4.90 Å². The van der Waals surface area contributed by atoms with Gasteiger partial charge in [-0.1, -0.05) is 32.3 Å². The first-order valence-electron chi connectivity index (χ1n) is 8.17. The van der Waals surface area contributed by atoms with E-state index in [1.807, 2.05) is 22.4 Å². The summed E-state index contributed by atoms with van der Waals surface area (Å²) in [5.74, 6) is -1.63. The number of hydrogen-bond acceptors (Lipinski definition) is 3. The quantitative estimate of drug-likeness (QED) is 0.831. The van der Waals surface area contributed by atoms with Gasteiger partial charge in [-0.2, -0.15) is 0 Å². The summed E-state index contributed by atoms with van der Waals surface area (Å²) in [4.78, 5) is 27.4. The van der Waals surface area contributed by atoms with Crippen LogP contribution >= 0.6 is 11.3 Å². The molecule has 0 saturated heterocycles. The summed E-state index contributed by atoms with van der Waals surface area (Å²) in [7, 11) is 0. The molecule has 1 amide bonds. The van der Waals surface area contributed by atoms with E-state index in [0.29, 0.717) is 19.4 Å². The van der Waals surface area contributed by atoms with E-state index in [4.69, 9.17) is 0 Å². The van der Waals surface area contributed by atoms with Crippen LogP contribution < -0.4 is 0 Å². The topological polar surface area (TPSA) is 57.6 Å². The number of hydrogen-bond donors (Lipinski definition) is 1. The Labute approximate surface area is 136 Å². The van der Waals surface area contributed by atoms with Crippen LogP contribution in [0.4, 0.5) is 0 Å². The van der Waals surface area contributed by atoms with Gasteiger partial charge < -0.3 is 10.0 Å². The number of amides is 1. The van der Waals surface area contributed by atoms with E-state index in [1.165, 1.54) is 0 Å². The molecule has 1 heterocycles. The van der Waals surface area contributed by atoms with Gasteiger partial charge in [-0.25, -0.2) is 0 Å². The van der Waals surface area contributed by atoms with Gasteiger partial charge in [-0.15, -0.1) is 11.3 Å². The second kappa shape index (κ2) is 8.32. The average molecular weight is 323 g/mol. The third-order valence-electron chi connectivity index (χ3n) is 4.42. The van der Waals surface area contributed by atoms with Crippen molar-refractivity contribution in [2.24, 2.45) is 11.8 Å². The van der Waals surface area contributed by atoms with Crippen LogP contribution in [0.2, 0.25) is 0 Å². The molecule has 1 aromatic rings. The molecule has 0 aromatic carbocycles. The van der Waals surface area contributed by atoms with Crippen molar-refractivity contribution < 1.29 is 14.7 Å². The van der Waals surface area contributed by atoms with E-state index in [1.54, 1.807) is 11.3 Å². The highest BCUT2D eigenvalue weighted by molar-refractivity contribution is 7.09. The predicted molar refractivity (Wildman–Crippen MR) is 87.7 cm³/mol. The number of nitrogens with zero attached hydrogens (tertiary/aromatic N) is 1. The summed E-state index contributed by atoms with van der Waals surface area (Å²) in [6.07, 6.45) is 5.21. The SMILES string of the molecule is CCCCN(Cc1cccs1)C(=O)[C@@H]1CCCC[C@@H]1C(=O)O.